The van der Waals surface area contributed by atoms with Gasteiger partial charge < -0.3 is 9.84 Å². The van der Waals surface area contributed by atoms with Gasteiger partial charge in [0.1, 0.15) is 5.75 Å². The molecule has 1 aromatic heterocycles. The zero-order chi connectivity index (χ0) is 13.9. The molecule has 0 aromatic carbocycles. The summed E-state index contributed by atoms with van der Waals surface area (Å²) in [6.07, 6.45) is -3.75. The summed E-state index contributed by atoms with van der Waals surface area (Å²) in [5.41, 5.74) is -2.50. The van der Waals surface area contributed by atoms with Crippen molar-refractivity contribution in [2.24, 2.45) is 0 Å². The largest absolute Gasteiger partial charge is 0.506 e. The van der Waals surface area contributed by atoms with Crippen molar-refractivity contribution in [3.63, 3.8) is 0 Å². The molecular weight excluding hydrogens is 254 g/mol. The number of aromatic nitrogens is 1. The molecule has 0 aliphatic heterocycles. The first-order valence-electron chi connectivity index (χ1n) is 4.59. The summed E-state index contributed by atoms with van der Waals surface area (Å²) in [7, 11) is 1.07. The Morgan fingerprint density at radius 1 is 1.67 bits per heavy atom. The standard InChI is InChI=1S/C9H8F2N2O5/c1-18-7(15)2-4-6(14)3-5(13(16)17)8(12-4)9(10)11/h3,9,14H,2H2,1H3. The monoisotopic (exact) mass is 262 g/mol. The summed E-state index contributed by atoms with van der Waals surface area (Å²) in [6, 6.07) is 0.534. The lowest BCUT2D eigenvalue weighted by molar-refractivity contribution is -0.386. The van der Waals surface area contributed by atoms with Crippen LogP contribution >= 0.6 is 0 Å². The van der Waals surface area contributed by atoms with Gasteiger partial charge in [-0.25, -0.2) is 13.8 Å². The molecule has 0 saturated carbocycles. The molecule has 0 fully saturated rings. The number of aromatic hydroxyl groups is 1. The molecule has 0 amide bonds. The first-order chi connectivity index (χ1) is 8.36. The molecular formula is C9H8F2N2O5. The van der Waals surface area contributed by atoms with Crippen molar-refractivity contribution in [3.8, 4) is 5.75 Å². The fourth-order valence-corrected chi connectivity index (χ4v) is 1.19. The highest BCUT2D eigenvalue weighted by atomic mass is 19.3. The first-order valence-corrected chi connectivity index (χ1v) is 4.59. The van der Waals surface area contributed by atoms with E-state index in [0.717, 1.165) is 7.11 Å². The SMILES string of the molecule is COC(=O)Cc1nc(C(F)F)c([N+](=O)[O-])cc1O. The molecule has 1 N–H and O–H groups in total. The van der Waals surface area contributed by atoms with Gasteiger partial charge in [-0.2, -0.15) is 0 Å². The summed E-state index contributed by atoms with van der Waals surface area (Å²) >= 11 is 0. The van der Waals surface area contributed by atoms with E-state index < -0.39 is 46.6 Å². The van der Waals surface area contributed by atoms with Crippen molar-refractivity contribution >= 4 is 11.7 Å². The number of methoxy groups -OCH3 is 1. The molecule has 1 rings (SSSR count). The number of rotatable bonds is 4. The van der Waals surface area contributed by atoms with Gasteiger partial charge in [-0.15, -0.1) is 0 Å². The Kier molecular flexibility index (Phi) is 4.08. The van der Waals surface area contributed by atoms with Gasteiger partial charge in [0.05, 0.1) is 30.2 Å². The van der Waals surface area contributed by atoms with Gasteiger partial charge in [0.25, 0.3) is 12.1 Å². The Morgan fingerprint density at radius 2 is 2.28 bits per heavy atom. The zero-order valence-electron chi connectivity index (χ0n) is 9.09. The summed E-state index contributed by atoms with van der Waals surface area (Å²) in [4.78, 5) is 23.6. The van der Waals surface area contributed by atoms with Crippen LogP contribution in [-0.4, -0.2) is 28.1 Å². The van der Waals surface area contributed by atoms with Crippen molar-refractivity contribution < 1.29 is 28.3 Å². The minimum atomic E-state index is -3.19. The number of esters is 1. The molecule has 7 nitrogen and oxygen atoms in total. The molecule has 1 heterocycles. The van der Waals surface area contributed by atoms with Crippen LogP contribution in [0.5, 0.6) is 5.75 Å². The van der Waals surface area contributed by atoms with E-state index in [1.54, 1.807) is 0 Å². The number of ether oxygens (including phenoxy) is 1. The minimum Gasteiger partial charge on any atom is -0.506 e. The highest BCUT2D eigenvalue weighted by molar-refractivity contribution is 5.73. The maximum atomic E-state index is 12.6. The number of carbonyl (C=O) groups is 1. The molecule has 1 aromatic rings. The lowest BCUT2D eigenvalue weighted by atomic mass is 10.2. The van der Waals surface area contributed by atoms with Gasteiger partial charge in [-0.1, -0.05) is 0 Å². The lowest BCUT2D eigenvalue weighted by Crippen LogP contribution is -2.09. The molecule has 0 radical (unpaired) electrons. The Labute approximate surface area is 99.2 Å². The van der Waals surface area contributed by atoms with Crippen LogP contribution in [-0.2, 0) is 16.0 Å². The number of alkyl halides is 2. The van der Waals surface area contributed by atoms with Gasteiger partial charge in [0.2, 0.25) is 0 Å². The third kappa shape index (κ3) is 2.87. The smallest absolute Gasteiger partial charge is 0.311 e. The molecule has 0 aliphatic rings. The van der Waals surface area contributed by atoms with Crippen LogP contribution in [0.1, 0.15) is 17.8 Å². The Morgan fingerprint density at radius 3 is 2.72 bits per heavy atom. The van der Waals surface area contributed by atoms with Crippen LogP contribution in [0.4, 0.5) is 14.5 Å². The van der Waals surface area contributed by atoms with E-state index in [1.165, 1.54) is 0 Å². The summed E-state index contributed by atoms with van der Waals surface area (Å²) < 4.78 is 29.4. The molecule has 18 heavy (non-hydrogen) atoms. The molecule has 0 saturated heterocycles. The predicted molar refractivity (Wildman–Crippen MR) is 53.2 cm³/mol. The van der Waals surface area contributed by atoms with Crippen molar-refractivity contribution in [2.45, 2.75) is 12.8 Å². The third-order valence-electron chi connectivity index (χ3n) is 2.03. The second-order valence-corrected chi connectivity index (χ2v) is 3.17. The van der Waals surface area contributed by atoms with Gasteiger partial charge in [0.15, 0.2) is 5.69 Å². The third-order valence-corrected chi connectivity index (χ3v) is 2.03. The molecule has 0 bridgehead atoms. The zero-order valence-corrected chi connectivity index (χ0v) is 9.09. The molecule has 0 atom stereocenters. The van der Waals surface area contributed by atoms with Crippen LogP contribution in [0.2, 0.25) is 0 Å². The van der Waals surface area contributed by atoms with Crippen LogP contribution < -0.4 is 0 Å². The Bertz CT molecular complexity index is 492. The van der Waals surface area contributed by atoms with Gasteiger partial charge in [0, 0.05) is 0 Å². The highest BCUT2D eigenvalue weighted by Crippen LogP contribution is 2.31. The average Bonchev–Trinajstić information content (AvgIpc) is 2.30. The summed E-state index contributed by atoms with van der Waals surface area (Å²) in [5, 5.41) is 19.9. The quantitative estimate of drug-likeness (QED) is 0.499. The number of nitrogens with zero attached hydrogens (tertiary/aromatic N) is 2. The van der Waals surface area contributed by atoms with E-state index >= 15 is 0 Å². The van der Waals surface area contributed by atoms with Crippen LogP contribution in [0.15, 0.2) is 6.07 Å². The van der Waals surface area contributed by atoms with Crippen molar-refractivity contribution in [3.05, 3.63) is 27.6 Å². The minimum absolute atomic E-state index is 0.400. The average molecular weight is 262 g/mol. The molecule has 0 unspecified atom stereocenters. The number of hydrogen-bond donors (Lipinski definition) is 1. The van der Waals surface area contributed by atoms with Crippen molar-refractivity contribution in [2.75, 3.05) is 7.11 Å². The van der Waals surface area contributed by atoms with E-state index in [-0.39, 0.29) is 0 Å². The normalized spacial score (nSPS) is 10.4. The van der Waals surface area contributed by atoms with Gasteiger partial charge in [-0.3, -0.25) is 14.9 Å². The molecule has 98 valence electrons. The number of nitro groups is 1. The fraction of sp³-hybridized carbons (Fsp3) is 0.333. The maximum absolute atomic E-state index is 12.6. The number of halogens is 2. The van der Waals surface area contributed by atoms with Crippen LogP contribution in [0, 0.1) is 10.1 Å². The number of hydrogen-bond acceptors (Lipinski definition) is 6. The summed E-state index contributed by atoms with van der Waals surface area (Å²) in [5.74, 6) is -1.52. The Balaban J connectivity index is 3.27. The van der Waals surface area contributed by atoms with Crippen molar-refractivity contribution in [1.82, 2.24) is 4.98 Å². The van der Waals surface area contributed by atoms with Gasteiger partial charge >= 0.3 is 5.97 Å². The number of pyridine rings is 1. The van der Waals surface area contributed by atoms with E-state index in [4.69, 9.17) is 0 Å². The van der Waals surface area contributed by atoms with E-state index in [0.29, 0.717) is 6.07 Å². The second-order valence-electron chi connectivity index (χ2n) is 3.17. The highest BCUT2D eigenvalue weighted by Gasteiger charge is 2.27. The van der Waals surface area contributed by atoms with Crippen LogP contribution in [0.3, 0.4) is 0 Å². The van der Waals surface area contributed by atoms with E-state index in [1.807, 2.05) is 0 Å². The number of carbonyl (C=O) groups excluding carboxylic acids is 1. The molecule has 0 spiro atoms. The van der Waals surface area contributed by atoms with Gasteiger partial charge in [-0.05, 0) is 0 Å². The van der Waals surface area contributed by atoms with E-state index in [2.05, 4.69) is 9.72 Å². The van der Waals surface area contributed by atoms with Crippen molar-refractivity contribution in [1.29, 1.82) is 0 Å². The maximum Gasteiger partial charge on any atom is 0.311 e. The topological polar surface area (TPSA) is 103 Å². The summed E-state index contributed by atoms with van der Waals surface area (Å²) in [6.45, 7) is 0. The molecule has 9 heteroatoms. The fourth-order valence-electron chi connectivity index (χ4n) is 1.19. The lowest BCUT2D eigenvalue weighted by Gasteiger charge is -2.06. The Hall–Kier alpha value is -2.32. The first kappa shape index (κ1) is 13.7. The van der Waals surface area contributed by atoms with E-state index in [9.17, 15) is 28.8 Å². The predicted octanol–water partition coefficient (Wildman–Crippen LogP) is 1.35. The van der Waals surface area contributed by atoms with Crippen LogP contribution in [0.25, 0.3) is 0 Å². The molecule has 0 aliphatic carbocycles. The second kappa shape index (κ2) is 5.34.